The smallest absolute Gasteiger partial charge is 0.248 e. The minimum absolute atomic E-state index is 0.00214. The zero-order valence-corrected chi connectivity index (χ0v) is 19.6. The molecule has 5 rings (SSSR count). The number of ether oxygens (including phenoxy) is 1. The maximum atomic E-state index is 12.4. The van der Waals surface area contributed by atoms with Crippen LogP contribution >= 0.6 is 11.6 Å². The van der Waals surface area contributed by atoms with Crippen molar-refractivity contribution in [3.05, 3.63) is 53.1 Å². The standard InChI is InChI=1S/C24H25ClN6O2/c1-15-4-6-17(7-5-15)22-27-28-23-19-9-8-18(25)12-20(19)26-24(31(22)23)29-10-11-30(16(2)13-29)21(32)14-33-3/h4-9,12,16H,10-11,13-14H2,1-3H3/t16-/m0/s1. The van der Waals surface area contributed by atoms with Crippen LogP contribution in [0, 0.1) is 6.92 Å². The van der Waals surface area contributed by atoms with Gasteiger partial charge in [-0.3, -0.25) is 4.79 Å². The van der Waals surface area contributed by atoms with Crippen LogP contribution in [0.15, 0.2) is 42.5 Å². The van der Waals surface area contributed by atoms with E-state index in [1.807, 2.05) is 46.6 Å². The second-order valence-corrected chi connectivity index (χ2v) is 8.87. The third-order valence-corrected chi connectivity index (χ3v) is 6.33. The van der Waals surface area contributed by atoms with Crippen molar-refractivity contribution >= 4 is 40.0 Å². The molecule has 4 aromatic rings. The molecule has 3 heterocycles. The summed E-state index contributed by atoms with van der Waals surface area (Å²) in [6.07, 6.45) is 0. The Kier molecular flexibility index (Phi) is 5.64. The number of aryl methyl sites for hydroxylation is 1. The molecule has 0 spiro atoms. The number of benzene rings is 2. The number of nitrogens with zero attached hydrogens (tertiary/aromatic N) is 6. The molecule has 0 aliphatic carbocycles. The van der Waals surface area contributed by atoms with E-state index in [4.69, 9.17) is 21.3 Å². The van der Waals surface area contributed by atoms with Crippen LogP contribution < -0.4 is 4.90 Å². The van der Waals surface area contributed by atoms with Gasteiger partial charge in [-0.2, -0.15) is 0 Å². The second-order valence-electron chi connectivity index (χ2n) is 8.44. The molecule has 2 aromatic heterocycles. The number of fused-ring (bicyclic) bond motifs is 3. The number of aromatic nitrogens is 4. The lowest BCUT2D eigenvalue weighted by atomic mass is 10.1. The van der Waals surface area contributed by atoms with Crippen LogP contribution in [0.5, 0.6) is 0 Å². The number of halogens is 1. The number of carbonyl (C=O) groups excluding carboxylic acids is 1. The number of hydrogen-bond acceptors (Lipinski definition) is 6. The van der Waals surface area contributed by atoms with E-state index in [1.54, 1.807) is 7.11 Å². The van der Waals surface area contributed by atoms with Gasteiger partial charge in [0.2, 0.25) is 11.9 Å². The van der Waals surface area contributed by atoms with Crippen LogP contribution in [-0.2, 0) is 9.53 Å². The summed E-state index contributed by atoms with van der Waals surface area (Å²) >= 11 is 6.28. The first-order valence-corrected chi connectivity index (χ1v) is 11.3. The quantitative estimate of drug-likeness (QED) is 0.459. The van der Waals surface area contributed by atoms with Crippen molar-refractivity contribution in [3.63, 3.8) is 0 Å². The van der Waals surface area contributed by atoms with Crippen molar-refractivity contribution in [2.24, 2.45) is 0 Å². The number of hydrogen-bond donors (Lipinski definition) is 0. The van der Waals surface area contributed by atoms with Crippen LogP contribution in [0.4, 0.5) is 5.95 Å². The fourth-order valence-electron chi connectivity index (χ4n) is 4.41. The number of piperazine rings is 1. The molecule has 1 amide bonds. The Labute approximate surface area is 196 Å². The molecule has 9 heteroatoms. The summed E-state index contributed by atoms with van der Waals surface area (Å²) in [4.78, 5) is 21.5. The van der Waals surface area contributed by atoms with Crippen LogP contribution in [-0.4, -0.2) is 69.8 Å². The average Bonchev–Trinajstić information content (AvgIpc) is 3.24. The summed E-state index contributed by atoms with van der Waals surface area (Å²) in [6.45, 7) is 6.05. The highest BCUT2D eigenvalue weighted by Gasteiger charge is 2.30. The van der Waals surface area contributed by atoms with E-state index < -0.39 is 0 Å². The molecule has 2 aromatic carbocycles. The van der Waals surface area contributed by atoms with Gasteiger partial charge in [0.15, 0.2) is 11.5 Å². The molecule has 1 fully saturated rings. The predicted octanol–water partition coefficient (Wildman–Crippen LogP) is 3.59. The van der Waals surface area contributed by atoms with Crippen LogP contribution in [0.3, 0.4) is 0 Å². The Bertz CT molecular complexity index is 1340. The van der Waals surface area contributed by atoms with E-state index in [2.05, 4.69) is 34.2 Å². The van der Waals surface area contributed by atoms with Gasteiger partial charge in [-0.1, -0.05) is 41.4 Å². The van der Waals surface area contributed by atoms with E-state index in [0.717, 1.165) is 33.9 Å². The topological polar surface area (TPSA) is 75.9 Å². The highest BCUT2D eigenvalue weighted by Crippen LogP contribution is 2.30. The Morgan fingerprint density at radius 1 is 1.15 bits per heavy atom. The van der Waals surface area contributed by atoms with E-state index in [0.29, 0.717) is 24.7 Å². The third-order valence-electron chi connectivity index (χ3n) is 6.09. The van der Waals surface area contributed by atoms with Gasteiger partial charge in [-0.15, -0.1) is 10.2 Å². The lowest BCUT2D eigenvalue weighted by Gasteiger charge is -2.40. The first kappa shape index (κ1) is 21.6. The number of methoxy groups -OCH3 is 1. The highest BCUT2D eigenvalue weighted by molar-refractivity contribution is 6.31. The van der Waals surface area contributed by atoms with Gasteiger partial charge >= 0.3 is 0 Å². The van der Waals surface area contributed by atoms with Crippen LogP contribution in [0.25, 0.3) is 27.9 Å². The molecular formula is C24H25ClN6O2. The van der Waals surface area contributed by atoms with Crippen molar-refractivity contribution in [1.82, 2.24) is 24.5 Å². The van der Waals surface area contributed by atoms with Crippen molar-refractivity contribution in [1.29, 1.82) is 0 Å². The van der Waals surface area contributed by atoms with Gasteiger partial charge in [0, 0.05) is 48.8 Å². The molecule has 1 atom stereocenters. The summed E-state index contributed by atoms with van der Waals surface area (Å²) in [5.41, 5.74) is 3.63. The van der Waals surface area contributed by atoms with Crippen LogP contribution in [0.1, 0.15) is 12.5 Å². The number of carbonyl (C=O) groups is 1. The van der Waals surface area contributed by atoms with Gasteiger partial charge in [-0.05, 0) is 32.0 Å². The summed E-state index contributed by atoms with van der Waals surface area (Å²) in [5.74, 6) is 1.47. The average molecular weight is 465 g/mol. The summed E-state index contributed by atoms with van der Waals surface area (Å²) in [6, 6.07) is 13.8. The van der Waals surface area contributed by atoms with E-state index in [9.17, 15) is 4.79 Å². The summed E-state index contributed by atoms with van der Waals surface area (Å²) in [5, 5.41) is 10.6. The molecule has 170 valence electrons. The fraction of sp³-hybridized carbons (Fsp3) is 0.333. The highest BCUT2D eigenvalue weighted by atomic mass is 35.5. The minimum Gasteiger partial charge on any atom is -0.375 e. The SMILES string of the molecule is COCC(=O)N1CCN(c2nc3cc(Cl)ccc3c3nnc(-c4ccc(C)cc4)n23)C[C@@H]1C. The van der Waals surface area contributed by atoms with Crippen LogP contribution in [0.2, 0.25) is 5.02 Å². The first-order chi connectivity index (χ1) is 16.0. The molecular weight excluding hydrogens is 440 g/mol. The molecule has 0 saturated carbocycles. The zero-order valence-electron chi connectivity index (χ0n) is 18.8. The minimum atomic E-state index is -0.00214. The Hall–Kier alpha value is -3.23. The molecule has 0 radical (unpaired) electrons. The summed E-state index contributed by atoms with van der Waals surface area (Å²) in [7, 11) is 1.54. The number of anilines is 1. The fourth-order valence-corrected chi connectivity index (χ4v) is 4.58. The largest absolute Gasteiger partial charge is 0.375 e. The monoisotopic (exact) mass is 464 g/mol. The maximum Gasteiger partial charge on any atom is 0.248 e. The predicted molar refractivity (Wildman–Crippen MR) is 129 cm³/mol. The van der Waals surface area contributed by atoms with E-state index in [1.165, 1.54) is 5.56 Å². The third kappa shape index (κ3) is 3.89. The summed E-state index contributed by atoms with van der Waals surface area (Å²) < 4.78 is 7.06. The number of rotatable bonds is 4. The Morgan fingerprint density at radius 3 is 2.67 bits per heavy atom. The molecule has 8 nitrogen and oxygen atoms in total. The zero-order chi connectivity index (χ0) is 23.1. The van der Waals surface area contributed by atoms with E-state index >= 15 is 0 Å². The normalized spacial score (nSPS) is 16.7. The first-order valence-electron chi connectivity index (χ1n) is 10.9. The Morgan fingerprint density at radius 2 is 1.94 bits per heavy atom. The van der Waals surface area contributed by atoms with Gasteiger partial charge in [0.25, 0.3) is 0 Å². The van der Waals surface area contributed by atoms with Crippen molar-refractivity contribution in [2.45, 2.75) is 19.9 Å². The molecule has 1 saturated heterocycles. The molecule has 1 aliphatic rings. The lowest BCUT2D eigenvalue weighted by molar-refractivity contribution is -0.137. The van der Waals surface area contributed by atoms with Crippen molar-refractivity contribution < 1.29 is 9.53 Å². The van der Waals surface area contributed by atoms with E-state index in [-0.39, 0.29) is 18.6 Å². The van der Waals surface area contributed by atoms with Gasteiger partial charge in [-0.25, -0.2) is 9.38 Å². The molecule has 33 heavy (non-hydrogen) atoms. The molecule has 0 unspecified atom stereocenters. The molecule has 0 N–H and O–H groups in total. The van der Waals surface area contributed by atoms with Crippen molar-refractivity contribution in [3.8, 4) is 11.4 Å². The molecule has 0 bridgehead atoms. The maximum absolute atomic E-state index is 12.4. The lowest BCUT2D eigenvalue weighted by Crippen LogP contribution is -2.55. The second kappa shape index (κ2) is 8.61. The number of amides is 1. The molecule has 1 aliphatic heterocycles. The van der Waals surface area contributed by atoms with Gasteiger partial charge < -0.3 is 14.5 Å². The van der Waals surface area contributed by atoms with Gasteiger partial charge in [0.05, 0.1) is 5.52 Å². The van der Waals surface area contributed by atoms with Crippen molar-refractivity contribution in [2.75, 3.05) is 38.3 Å². The Balaban J connectivity index is 1.64. The van der Waals surface area contributed by atoms with Gasteiger partial charge in [0.1, 0.15) is 6.61 Å².